The monoisotopic (exact) mass is 243 g/mol. The Morgan fingerprint density at radius 3 is 2.29 bits per heavy atom. The summed E-state index contributed by atoms with van der Waals surface area (Å²) in [7, 11) is 0. The molecule has 0 saturated carbocycles. The van der Waals surface area contributed by atoms with Crippen LogP contribution in [0.1, 0.15) is 27.7 Å². The molecule has 1 unspecified atom stereocenters. The molecule has 0 aliphatic heterocycles. The maximum absolute atomic E-state index is 11.2. The molecule has 0 aliphatic rings. The summed E-state index contributed by atoms with van der Waals surface area (Å²) in [5, 5.41) is 0. The molecule has 5 nitrogen and oxygen atoms in total. The van der Waals surface area contributed by atoms with Crippen molar-refractivity contribution in [1.82, 2.24) is 4.90 Å². The summed E-state index contributed by atoms with van der Waals surface area (Å²) in [6.07, 6.45) is -0.318. The predicted octanol–water partition coefficient (Wildman–Crippen LogP) is 1.34. The molecular weight excluding hydrogens is 222 g/mol. The summed E-state index contributed by atoms with van der Waals surface area (Å²) in [6, 6.07) is 0. The van der Waals surface area contributed by atoms with Crippen molar-refractivity contribution in [3.05, 3.63) is 12.2 Å². The standard InChI is InChI=1S/C12H21NO4/c1-6-13(10(4)14)11(5)16-7-8-17-12(15)9(2)3/h11H,2,6-8H2,1,3-5H3. The lowest BCUT2D eigenvalue weighted by molar-refractivity contribution is -0.149. The number of nitrogens with zero attached hydrogens (tertiary/aromatic N) is 1. The molecule has 5 heteroatoms. The average Bonchev–Trinajstić information content (AvgIpc) is 2.24. The van der Waals surface area contributed by atoms with E-state index in [2.05, 4.69) is 6.58 Å². The highest BCUT2D eigenvalue weighted by molar-refractivity contribution is 5.86. The lowest BCUT2D eigenvalue weighted by Gasteiger charge is -2.26. The fourth-order valence-corrected chi connectivity index (χ4v) is 1.30. The lowest BCUT2D eigenvalue weighted by atomic mass is 10.4. The number of esters is 1. The maximum atomic E-state index is 11.2. The van der Waals surface area contributed by atoms with Gasteiger partial charge in [-0.15, -0.1) is 0 Å². The van der Waals surface area contributed by atoms with Crippen LogP contribution >= 0.6 is 0 Å². The highest BCUT2D eigenvalue weighted by Crippen LogP contribution is 2.01. The molecule has 0 fully saturated rings. The molecule has 0 aromatic rings. The fourth-order valence-electron chi connectivity index (χ4n) is 1.30. The minimum absolute atomic E-state index is 0.0427. The van der Waals surface area contributed by atoms with Crippen LogP contribution in [0.4, 0.5) is 0 Å². The van der Waals surface area contributed by atoms with Gasteiger partial charge in [0.15, 0.2) is 0 Å². The van der Waals surface area contributed by atoms with Crippen LogP contribution in [0.25, 0.3) is 0 Å². The molecule has 0 aliphatic carbocycles. The van der Waals surface area contributed by atoms with Crippen LogP contribution in [0.5, 0.6) is 0 Å². The summed E-state index contributed by atoms with van der Waals surface area (Å²) >= 11 is 0. The fraction of sp³-hybridized carbons (Fsp3) is 0.667. The van der Waals surface area contributed by atoms with Gasteiger partial charge in [0.25, 0.3) is 0 Å². The van der Waals surface area contributed by atoms with E-state index < -0.39 is 5.97 Å². The quantitative estimate of drug-likeness (QED) is 0.293. The SMILES string of the molecule is C=C(C)C(=O)OCCOC(C)N(CC)C(C)=O. The Labute approximate surface area is 102 Å². The van der Waals surface area contributed by atoms with Crippen molar-refractivity contribution in [2.45, 2.75) is 33.9 Å². The van der Waals surface area contributed by atoms with Crippen molar-refractivity contribution >= 4 is 11.9 Å². The van der Waals surface area contributed by atoms with Crippen molar-refractivity contribution < 1.29 is 19.1 Å². The summed E-state index contributed by atoms with van der Waals surface area (Å²) < 4.78 is 10.2. The van der Waals surface area contributed by atoms with E-state index in [9.17, 15) is 9.59 Å². The van der Waals surface area contributed by atoms with Gasteiger partial charge in [0, 0.05) is 19.0 Å². The second-order valence-electron chi connectivity index (χ2n) is 3.69. The molecule has 0 spiro atoms. The number of carbonyl (C=O) groups excluding carboxylic acids is 2. The normalized spacial score (nSPS) is 11.8. The van der Waals surface area contributed by atoms with Gasteiger partial charge in [-0.1, -0.05) is 6.58 Å². The van der Waals surface area contributed by atoms with Crippen LogP contribution in [0.3, 0.4) is 0 Å². The van der Waals surface area contributed by atoms with E-state index in [1.165, 1.54) is 6.92 Å². The molecule has 1 amide bonds. The van der Waals surface area contributed by atoms with E-state index in [0.717, 1.165) is 0 Å². The first-order chi connectivity index (χ1) is 7.90. The van der Waals surface area contributed by atoms with Crippen LogP contribution in [0, 0.1) is 0 Å². The number of rotatable bonds is 7. The lowest BCUT2D eigenvalue weighted by Crippen LogP contribution is -2.39. The molecule has 98 valence electrons. The van der Waals surface area contributed by atoms with Gasteiger partial charge in [-0.25, -0.2) is 4.79 Å². The van der Waals surface area contributed by atoms with Gasteiger partial charge in [0.2, 0.25) is 5.91 Å². The Bertz CT molecular complexity index is 288. The first-order valence-corrected chi connectivity index (χ1v) is 5.61. The second-order valence-corrected chi connectivity index (χ2v) is 3.69. The molecule has 1 atom stereocenters. The first kappa shape index (κ1) is 15.6. The maximum Gasteiger partial charge on any atom is 0.333 e. The Hall–Kier alpha value is -1.36. The molecule has 0 aromatic carbocycles. The minimum atomic E-state index is -0.430. The van der Waals surface area contributed by atoms with Gasteiger partial charge in [0.1, 0.15) is 12.8 Å². The van der Waals surface area contributed by atoms with Gasteiger partial charge < -0.3 is 14.4 Å². The highest BCUT2D eigenvalue weighted by Gasteiger charge is 2.14. The first-order valence-electron chi connectivity index (χ1n) is 5.61. The molecule has 17 heavy (non-hydrogen) atoms. The van der Waals surface area contributed by atoms with E-state index >= 15 is 0 Å². The molecule has 0 aromatic heterocycles. The van der Waals surface area contributed by atoms with Crippen molar-refractivity contribution in [3.8, 4) is 0 Å². The molecule has 0 bridgehead atoms. The van der Waals surface area contributed by atoms with E-state index in [4.69, 9.17) is 9.47 Å². The topological polar surface area (TPSA) is 55.8 Å². The van der Waals surface area contributed by atoms with Crippen LogP contribution < -0.4 is 0 Å². The summed E-state index contributed by atoms with van der Waals surface area (Å²) in [5.74, 6) is -0.473. The van der Waals surface area contributed by atoms with Crippen molar-refractivity contribution in [2.75, 3.05) is 19.8 Å². The Morgan fingerprint density at radius 1 is 1.29 bits per heavy atom. The smallest absolute Gasteiger partial charge is 0.333 e. The summed E-state index contributed by atoms with van der Waals surface area (Å²) in [5.41, 5.74) is 0.358. The van der Waals surface area contributed by atoms with Crippen molar-refractivity contribution in [2.24, 2.45) is 0 Å². The number of hydrogen-bond acceptors (Lipinski definition) is 4. The molecule has 0 rings (SSSR count). The van der Waals surface area contributed by atoms with Crippen LogP contribution in [-0.2, 0) is 19.1 Å². The summed E-state index contributed by atoms with van der Waals surface area (Å²) in [6.45, 7) is 11.2. The van der Waals surface area contributed by atoms with Crippen molar-refractivity contribution in [1.29, 1.82) is 0 Å². The van der Waals surface area contributed by atoms with Crippen molar-refractivity contribution in [3.63, 3.8) is 0 Å². The van der Waals surface area contributed by atoms with Crippen LogP contribution in [0.2, 0.25) is 0 Å². The Kier molecular flexibility index (Phi) is 7.21. The Balaban J connectivity index is 3.85. The molecule has 0 N–H and O–H groups in total. The number of carbonyl (C=O) groups is 2. The minimum Gasteiger partial charge on any atom is -0.460 e. The zero-order valence-corrected chi connectivity index (χ0v) is 11.0. The van der Waals surface area contributed by atoms with Crippen LogP contribution in [-0.4, -0.2) is 42.8 Å². The largest absolute Gasteiger partial charge is 0.460 e. The molecule has 0 radical (unpaired) electrons. The van der Waals surface area contributed by atoms with Gasteiger partial charge in [-0.3, -0.25) is 4.79 Å². The number of amides is 1. The van der Waals surface area contributed by atoms with E-state index in [1.807, 2.05) is 6.92 Å². The molecular formula is C12H21NO4. The summed E-state index contributed by atoms with van der Waals surface area (Å²) in [4.78, 5) is 23.8. The highest BCUT2D eigenvalue weighted by atomic mass is 16.6. The Morgan fingerprint density at radius 2 is 1.88 bits per heavy atom. The second kappa shape index (κ2) is 7.84. The third-order valence-corrected chi connectivity index (χ3v) is 2.21. The molecule has 0 heterocycles. The average molecular weight is 243 g/mol. The molecule has 0 saturated heterocycles. The zero-order chi connectivity index (χ0) is 13.4. The van der Waals surface area contributed by atoms with E-state index in [1.54, 1.807) is 18.7 Å². The number of ether oxygens (including phenoxy) is 2. The van der Waals surface area contributed by atoms with Gasteiger partial charge >= 0.3 is 5.97 Å². The number of hydrogen-bond donors (Lipinski definition) is 0. The third kappa shape index (κ3) is 6.06. The van der Waals surface area contributed by atoms with E-state index in [0.29, 0.717) is 12.1 Å². The van der Waals surface area contributed by atoms with Gasteiger partial charge in [-0.05, 0) is 20.8 Å². The van der Waals surface area contributed by atoms with Crippen LogP contribution in [0.15, 0.2) is 12.2 Å². The van der Waals surface area contributed by atoms with Gasteiger partial charge in [-0.2, -0.15) is 0 Å². The van der Waals surface area contributed by atoms with Gasteiger partial charge in [0.05, 0.1) is 6.61 Å². The van der Waals surface area contributed by atoms with E-state index in [-0.39, 0.29) is 25.3 Å². The zero-order valence-electron chi connectivity index (χ0n) is 11.0. The predicted molar refractivity (Wildman–Crippen MR) is 64.2 cm³/mol. The third-order valence-electron chi connectivity index (χ3n) is 2.21.